The summed E-state index contributed by atoms with van der Waals surface area (Å²) in [4.78, 5) is 54.7. The third-order valence-electron chi connectivity index (χ3n) is 6.13. The Morgan fingerprint density at radius 2 is 1.71 bits per heavy atom. The van der Waals surface area contributed by atoms with E-state index in [1.165, 1.54) is 11.0 Å². The Kier molecular flexibility index (Phi) is 8.06. The van der Waals surface area contributed by atoms with Crippen LogP contribution in [0, 0.1) is 6.92 Å². The van der Waals surface area contributed by atoms with Gasteiger partial charge in [0.15, 0.2) is 0 Å². The van der Waals surface area contributed by atoms with Crippen LogP contribution >= 0.6 is 0 Å². The monoisotopic (exact) mass is 515 g/mol. The van der Waals surface area contributed by atoms with Crippen LogP contribution in [-0.4, -0.2) is 48.5 Å². The van der Waals surface area contributed by atoms with Crippen molar-refractivity contribution in [2.24, 2.45) is 0 Å². The van der Waals surface area contributed by atoms with Crippen LogP contribution in [0.25, 0.3) is 0 Å². The molecule has 1 fully saturated rings. The first-order chi connectivity index (χ1) is 18.3. The van der Waals surface area contributed by atoms with E-state index in [4.69, 9.17) is 9.47 Å². The summed E-state index contributed by atoms with van der Waals surface area (Å²) in [5, 5.41) is 2.73. The molecule has 0 radical (unpaired) electrons. The lowest BCUT2D eigenvalue weighted by Crippen LogP contribution is -2.37. The van der Waals surface area contributed by atoms with Crippen molar-refractivity contribution < 1.29 is 28.7 Å². The number of anilines is 2. The number of benzene rings is 3. The normalized spacial score (nSPS) is 15.0. The van der Waals surface area contributed by atoms with Crippen LogP contribution in [0.2, 0.25) is 0 Å². The number of urea groups is 1. The number of nitrogens with one attached hydrogen (secondary N) is 1. The lowest BCUT2D eigenvalue weighted by molar-refractivity contribution is -0.124. The number of methoxy groups -OCH3 is 1. The van der Waals surface area contributed by atoms with Gasteiger partial charge in [-0.2, -0.15) is 0 Å². The summed E-state index contributed by atoms with van der Waals surface area (Å²) in [7, 11) is 1.56. The molecule has 1 aliphatic heterocycles. The summed E-state index contributed by atoms with van der Waals surface area (Å²) in [6.07, 6.45) is -0.257. The average Bonchev–Trinajstić information content (AvgIpc) is 3.13. The molecule has 1 unspecified atom stereocenters. The summed E-state index contributed by atoms with van der Waals surface area (Å²) in [6, 6.07) is 19.1. The van der Waals surface area contributed by atoms with E-state index in [1.54, 1.807) is 62.6 Å². The number of ether oxygens (including phenoxy) is 2. The number of aryl methyl sites for hydroxylation is 1. The van der Waals surface area contributed by atoms with Crippen molar-refractivity contribution in [2.45, 2.75) is 32.9 Å². The number of nitrogens with zero attached hydrogens (tertiary/aromatic N) is 2. The molecule has 9 nitrogen and oxygen atoms in total. The van der Waals surface area contributed by atoms with E-state index in [-0.39, 0.29) is 19.6 Å². The number of hydrogen-bond donors (Lipinski definition) is 1. The van der Waals surface area contributed by atoms with Crippen LogP contribution in [0.3, 0.4) is 0 Å². The van der Waals surface area contributed by atoms with E-state index in [0.29, 0.717) is 22.7 Å². The van der Waals surface area contributed by atoms with Gasteiger partial charge in [0.1, 0.15) is 11.8 Å². The highest BCUT2D eigenvalue weighted by Gasteiger charge is 2.46. The van der Waals surface area contributed by atoms with Gasteiger partial charge in [-0.25, -0.2) is 14.5 Å². The Balaban J connectivity index is 1.57. The van der Waals surface area contributed by atoms with Gasteiger partial charge in [-0.05, 0) is 67.4 Å². The predicted molar refractivity (Wildman–Crippen MR) is 142 cm³/mol. The number of hydrogen-bond acceptors (Lipinski definition) is 6. The molecule has 1 atom stereocenters. The van der Waals surface area contributed by atoms with E-state index < -0.39 is 29.9 Å². The molecule has 0 aliphatic carbocycles. The zero-order chi connectivity index (χ0) is 27.2. The highest BCUT2D eigenvalue weighted by atomic mass is 16.5. The standard InChI is InChI=1S/C29H29N3O6/c1-4-38-28(35)21-8-6-9-22(16-21)30-26(33)17-25-27(34)32(23-10-5-7-19(2)15-23)29(36)31(25)18-20-11-13-24(37-3)14-12-20/h5-16,25H,4,17-18H2,1-3H3,(H,30,33). The van der Waals surface area contributed by atoms with Crippen molar-refractivity contribution in [1.82, 2.24) is 4.90 Å². The second-order valence-corrected chi connectivity index (χ2v) is 8.84. The van der Waals surface area contributed by atoms with E-state index in [9.17, 15) is 19.2 Å². The second kappa shape index (κ2) is 11.6. The van der Waals surface area contributed by atoms with Gasteiger partial charge in [0, 0.05) is 12.2 Å². The molecule has 9 heteroatoms. The maximum absolute atomic E-state index is 13.5. The van der Waals surface area contributed by atoms with E-state index in [1.807, 2.05) is 25.1 Å². The maximum atomic E-state index is 13.5. The molecule has 1 N–H and O–H groups in total. The van der Waals surface area contributed by atoms with Crippen LogP contribution in [0.1, 0.15) is 34.8 Å². The minimum Gasteiger partial charge on any atom is -0.497 e. The van der Waals surface area contributed by atoms with Gasteiger partial charge in [-0.1, -0.05) is 30.3 Å². The topological polar surface area (TPSA) is 105 Å². The third-order valence-corrected chi connectivity index (χ3v) is 6.13. The first kappa shape index (κ1) is 26.4. The molecular formula is C29H29N3O6. The number of carbonyl (C=O) groups is 4. The van der Waals surface area contributed by atoms with Crippen molar-refractivity contribution >= 4 is 35.2 Å². The van der Waals surface area contributed by atoms with Gasteiger partial charge in [-0.3, -0.25) is 9.59 Å². The van der Waals surface area contributed by atoms with Gasteiger partial charge >= 0.3 is 12.0 Å². The summed E-state index contributed by atoms with van der Waals surface area (Å²) in [6.45, 7) is 3.95. The van der Waals surface area contributed by atoms with Crippen LogP contribution < -0.4 is 15.0 Å². The lowest BCUT2D eigenvalue weighted by atomic mass is 10.1. The zero-order valence-electron chi connectivity index (χ0n) is 21.5. The molecule has 0 spiro atoms. The quantitative estimate of drug-likeness (QED) is 0.331. The number of carbonyl (C=O) groups excluding carboxylic acids is 4. The number of amides is 4. The molecule has 4 rings (SSSR count). The first-order valence-corrected chi connectivity index (χ1v) is 12.2. The molecule has 0 bridgehead atoms. The molecule has 1 aliphatic rings. The summed E-state index contributed by atoms with van der Waals surface area (Å²) < 4.78 is 10.2. The van der Waals surface area contributed by atoms with Gasteiger partial charge in [0.05, 0.1) is 31.4 Å². The fourth-order valence-electron chi connectivity index (χ4n) is 4.27. The van der Waals surface area contributed by atoms with Crippen molar-refractivity contribution in [1.29, 1.82) is 0 Å². The smallest absolute Gasteiger partial charge is 0.338 e. The van der Waals surface area contributed by atoms with Crippen LogP contribution in [0.5, 0.6) is 5.75 Å². The average molecular weight is 516 g/mol. The van der Waals surface area contributed by atoms with E-state index in [2.05, 4.69) is 5.32 Å². The molecule has 3 aromatic carbocycles. The highest BCUT2D eigenvalue weighted by Crippen LogP contribution is 2.29. The minimum atomic E-state index is -1.02. The summed E-state index contributed by atoms with van der Waals surface area (Å²) in [5.74, 6) is -0.785. The van der Waals surface area contributed by atoms with Crippen molar-refractivity contribution in [3.63, 3.8) is 0 Å². The predicted octanol–water partition coefficient (Wildman–Crippen LogP) is 4.55. The van der Waals surface area contributed by atoms with Crippen molar-refractivity contribution in [3.8, 4) is 5.75 Å². The molecule has 0 saturated carbocycles. The number of rotatable bonds is 9. The fraction of sp³-hybridized carbons (Fsp3) is 0.241. The Morgan fingerprint density at radius 3 is 2.39 bits per heavy atom. The molecule has 1 heterocycles. The van der Waals surface area contributed by atoms with Gasteiger partial charge in [0.25, 0.3) is 5.91 Å². The Morgan fingerprint density at radius 1 is 0.974 bits per heavy atom. The molecular weight excluding hydrogens is 486 g/mol. The fourth-order valence-corrected chi connectivity index (χ4v) is 4.27. The summed E-state index contributed by atoms with van der Waals surface area (Å²) in [5.41, 5.74) is 2.81. The van der Waals surface area contributed by atoms with Crippen molar-refractivity contribution in [2.75, 3.05) is 23.9 Å². The Labute approximate surface area is 220 Å². The number of esters is 1. The Bertz CT molecular complexity index is 1350. The highest BCUT2D eigenvalue weighted by molar-refractivity contribution is 6.22. The molecule has 38 heavy (non-hydrogen) atoms. The largest absolute Gasteiger partial charge is 0.497 e. The van der Waals surface area contributed by atoms with Gasteiger partial charge in [-0.15, -0.1) is 0 Å². The molecule has 4 amide bonds. The SMILES string of the molecule is CCOC(=O)c1cccc(NC(=O)CC2C(=O)N(c3cccc(C)c3)C(=O)N2Cc2ccc(OC)cc2)c1. The van der Waals surface area contributed by atoms with E-state index in [0.717, 1.165) is 16.0 Å². The molecule has 0 aromatic heterocycles. The second-order valence-electron chi connectivity index (χ2n) is 8.84. The van der Waals surface area contributed by atoms with E-state index >= 15 is 0 Å². The van der Waals surface area contributed by atoms with Crippen molar-refractivity contribution in [3.05, 3.63) is 89.5 Å². The van der Waals surface area contributed by atoms with Gasteiger partial charge in [0.2, 0.25) is 5.91 Å². The molecule has 3 aromatic rings. The van der Waals surface area contributed by atoms with Crippen LogP contribution in [0.15, 0.2) is 72.8 Å². The van der Waals surface area contributed by atoms with Crippen LogP contribution in [-0.2, 0) is 20.9 Å². The van der Waals surface area contributed by atoms with Gasteiger partial charge < -0.3 is 19.7 Å². The molecule has 1 saturated heterocycles. The maximum Gasteiger partial charge on any atom is 0.338 e. The third kappa shape index (κ3) is 5.83. The Hall–Kier alpha value is -4.66. The lowest BCUT2D eigenvalue weighted by Gasteiger charge is -2.22. The number of imide groups is 1. The molecule has 196 valence electrons. The minimum absolute atomic E-state index is 0.132. The first-order valence-electron chi connectivity index (χ1n) is 12.2. The summed E-state index contributed by atoms with van der Waals surface area (Å²) >= 11 is 0. The zero-order valence-corrected chi connectivity index (χ0v) is 21.5. The van der Waals surface area contributed by atoms with Crippen LogP contribution in [0.4, 0.5) is 16.2 Å².